The molecule has 2 saturated heterocycles. The third-order valence-corrected chi connectivity index (χ3v) is 12.4. The average molecular weight is 720 g/mol. The van der Waals surface area contributed by atoms with Gasteiger partial charge >= 0.3 is 22.2 Å². The first kappa shape index (κ1) is 36.0. The Kier molecular flexibility index (Phi) is 11.3. The highest BCUT2D eigenvalue weighted by atomic mass is 32.2. The van der Waals surface area contributed by atoms with Crippen LogP contribution < -0.4 is 15.4 Å². The maximum absolute atomic E-state index is 14.1. The van der Waals surface area contributed by atoms with Crippen LogP contribution in [-0.2, 0) is 24.5 Å². The van der Waals surface area contributed by atoms with Crippen LogP contribution >= 0.6 is 0 Å². The van der Waals surface area contributed by atoms with Crippen molar-refractivity contribution < 1.29 is 46.2 Å². The summed E-state index contributed by atoms with van der Waals surface area (Å²) in [6, 6.07) is 4.83. The molecule has 50 heavy (non-hydrogen) atoms. The van der Waals surface area contributed by atoms with Gasteiger partial charge in [0.25, 0.3) is 0 Å². The number of carboxylic acid groups (broad SMARTS) is 1. The molecule has 4 amide bonds. The van der Waals surface area contributed by atoms with E-state index in [4.69, 9.17) is 14.3 Å². The van der Waals surface area contributed by atoms with E-state index in [1.165, 1.54) is 6.07 Å². The van der Waals surface area contributed by atoms with Gasteiger partial charge in [0.05, 0.1) is 19.3 Å². The molecule has 6 rings (SSSR count). The summed E-state index contributed by atoms with van der Waals surface area (Å²) in [5.74, 6) is -1.67. The van der Waals surface area contributed by atoms with Gasteiger partial charge in [0, 0.05) is 36.6 Å². The van der Waals surface area contributed by atoms with E-state index < -0.39 is 41.0 Å². The van der Waals surface area contributed by atoms with Crippen molar-refractivity contribution >= 4 is 50.7 Å². The Balaban J connectivity index is 1.15. The molecule has 0 unspecified atom stereocenters. The number of carbonyl (C=O) groups is 4. The second-order valence-electron chi connectivity index (χ2n) is 13.9. The number of hydrogen-bond donors (Lipinski definition) is 4. The standard InChI is InChI=1S/C34H46FN5O9S/c35-20-27(37-34(44)45)22-6-8-23(9-7-22)33(43)40-13-12-26(21-4-2-1-3-5-21)30(40)32(42)36-25-10-11-28-24(18-25)19-29(49-28)31(41)38-50(46,47)39-14-16-48-17-15-39/h10-11,18-19,21-23,26-27,30,37H,1-9,12-17,20H2,(H,36,42)(H,38,41)(H,44,45)/t22?,23?,26-,27+,30-/m0/s1. The predicted molar refractivity (Wildman–Crippen MR) is 180 cm³/mol. The lowest BCUT2D eigenvalue weighted by atomic mass is 9.76. The number of nitrogens with zero attached hydrogens (tertiary/aromatic N) is 2. The second-order valence-corrected chi connectivity index (χ2v) is 15.6. The van der Waals surface area contributed by atoms with Crippen molar-refractivity contribution in [2.75, 3.05) is 44.8 Å². The maximum Gasteiger partial charge on any atom is 0.404 e. The molecule has 2 saturated carbocycles. The topological polar surface area (TPSA) is 188 Å². The van der Waals surface area contributed by atoms with Crippen LogP contribution in [0.2, 0.25) is 0 Å². The summed E-state index contributed by atoms with van der Waals surface area (Å²) >= 11 is 0. The summed E-state index contributed by atoms with van der Waals surface area (Å²) in [6.45, 7) is 0.401. The molecule has 0 spiro atoms. The predicted octanol–water partition coefficient (Wildman–Crippen LogP) is 3.89. The number of rotatable bonds is 10. The highest BCUT2D eigenvalue weighted by Gasteiger charge is 2.47. The average Bonchev–Trinajstić information content (AvgIpc) is 3.76. The van der Waals surface area contributed by atoms with Gasteiger partial charge < -0.3 is 29.8 Å². The van der Waals surface area contributed by atoms with E-state index in [1.54, 1.807) is 23.1 Å². The Labute approximate surface area is 290 Å². The van der Waals surface area contributed by atoms with Crippen molar-refractivity contribution in [1.82, 2.24) is 19.2 Å². The zero-order valence-electron chi connectivity index (χ0n) is 28.0. The Morgan fingerprint density at radius 3 is 2.34 bits per heavy atom. The first-order chi connectivity index (χ1) is 24.0. The molecule has 16 heteroatoms. The van der Waals surface area contributed by atoms with Crippen LogP contribution in [0.3, 0.4) is 0 Å². The Bertz CT molecular complexity index is 1670. The van der Waals surface area contributed by atoms with Gasteiger partial charge in [0.2, 0.25) is 11.8 Å². The number of nitrogens with one attached hydrogen (secondary N) is 3. The Morgan fingerprint density at radius 1 is 0.940 bits per heavy atom. The second kappa shape index (κ2) is 15.6. The van der Waals surface area contributed by atoms with Gasteiger partial charge in [-0.1, -0.05) is 32.1 Å². The van der Waals surface area contributed by atoms with Gasteiger partial charge in [-0.05, 0) is 74.1 Å². The largest absolute Gasteiger partial charge is 0.465 e. The molecule has 0 radical (unpaired) electrons. The number of anilines is 1. The summed E-state index contributed by atoms with van der Waals surface area (Å²) in [5, 5.41) is 14.8. The molecular weight excluding hydrogens is 673 g/mol. The number of morpholine rings is 1. The molecule has 4 N–H and O–H groups in total. The highest BCUT2D eigenvalue weighted by Crippen LogP contribution is 2.41. The molecular formula is C34H46FN5O9S. The van der Waals surface area contributed by atoms with E-state index in [9.17, 15) is 32.0 Å². The fraction of sp³-hybridized carbons (Fsp3) is 0.647. The number of amides is 4. The van der Waals surface area contributed by atoms with Crippen molar-refractivity contribution in [2.45, 2.75) is 76.3 Å². The first-order valence-electron chi connectivity index (χ1n) is 17.6. The lowest BCUT2D eigenvalue weighted by Gasteiger charge is -2.37. The van der Waals surface area contributed by atoms with Crippen LogP contribution in [0.15, 0.2) is 28.7 Å². The van der Waals surface area contributed by atoms with Crippen molar-refractivity contribution in [2.24, 2.45) is 23.7 Å². The summed E-state index contributed by atoms with van der Waals surface area (Å²) in [5.41, 5.74) is 0.778. The van der Waals surface area contributed by atoms with Crippen molar-refractivity contribution in [3.05, 3.63) is 30.0 Å². The van der Waals surface area contributed by atoms with Gasteiger partial charge in [-0.3, -0.25) is 14.4 Å². The third kappa shape index (κ3) is 8.07. The number of alkyl halides is 1. The van der Waals surface area contributed by atoms with E-state index in [0.29, 0.717) is 54.8 Å². The minimum absolute atomic E-state index is 0.00708. The number of halogens is 1. The van der Waals surface area contributed by atoms with Gasteiger partial charge in [0.1, 0.15) is 18.3 Å². The van der Waals surface area contributed by atoms with Crippen LogP contribution in [0, 0.1) is 23.7 Å². The lowest BCUT2D eigenvalue weighted by molar-refractivity contribution is -0.142. The summed E-state index contributed by atoms with van der Waals surface area (Å²) in [4.78, 5) is 53.8. The number of hydrogen-bond acceptors (Lipinski definition) is 8. The van der Waals surface area contributed by atoms with Crippen molar-refractivity contribution in [3.8, 4) is 0 Å². The molecule has 1 aromatic carbocycles. The SMILES string of the molecule is O=C(O)N[C@H](CF)C1CCC(C(=O)N2CC[C@@H](C3CCCCC3)[C@H]2C(=O)Nc2ccc3oc(C(=O)NS(=O)(=O)N4CCOCC4)cc3c2)CC1. The molecule has 4 aliphatic rings. The molecule has 14 nitrogen and oxygen atoms in total. The van der Waals surface area contributed by atoms with Gasteiger partial charge in [0.15, 0.2) is 5.76 Å². The monoisotopic (exact) mass is 719 g/mol. The van der Waals surface area contributed by atoms with Crippen molar-refractivity contribution in [3.63, 3.8) is 0 Å². The number of fused-ring (bicyclic) bond motifs is 1. The smallest absolute Gasteiger partial charge is 0.404 e. The molecule has 274 valence electrons. The van der Waals surface area contributed by atoms with Gasteiger partial charge in [-0.15, -0.1) is 0 Å². The maximum atomic E-state index is 14.1. The van der Waals surface area contributed by atoms with E-state index in [0.717, 1.165) is 42.8 Å². The number of ether oxygens (including phenoxy) is 1. The van der Waals surface area contributed by atoms with Gasteiger partial charge in [-0.25, -0.2) is 13.9 Å². The number of likely N-dealkylation sites (tertiary alicyclic amines) is 1. The van der Waals surface area contributed by atoms with E-state index in [-0.39, 0.29) is 61.6 Å². The quantitative estimate of drug-likeness (QED) is 0.283. The molecule has 4 fully saturated rings. The zero-order chi connectivity index (χ0) is 35.4. The fourth-order valence-electron chi connectivity index (χ4n) is 8.37. The van der Waals surface area contributed by atoms with Crippen LogP contribution in [0.5, 0.6) is 0 Å². The summed E-state index contributed by atoms with van der Waals surface area (Å²) in [6.07, 6.45) is 6.86. The van der Waals surface area contributed by atoms with Crippen LogP contribution in [0.25, 0.3) is 11.0 Å². The van der Waals surface area contributed by atoms with Crippen LogP contribution in [0.1, 0.15) is 74.8 Å². The van der Waals surface area contributed by atoms with Crippen LogP contribution in [0.4, 0.5) is 14.9 Å². The van der Waals surface area contributed by atoms with Crippen LogP contribution in [-0.4, -0.2) is 98.2 Å². The fourth-order valence-corrected chi connectivity index (χ4v) is 9.46. The molecule has 0 bridgehead atoms. The van der Waals surface area contributed by atoms with E-state index >= 15 is 0 Å². The van der Waals surface area contributed by atoms with E-state index in [1.807, 2.05) is 4.72 Å². The molecule has 3 atom stereocenters. The first-order valence-corrected chi connectivity index (χ1v) is 19.1. The normalized spacial score (nSPS) is 26.0. The molecule has 2 aliphatic heterocycles. The number of furan rings is 1. The molecule has 2 aliphatic carbocycles. The van der Waals surface area contributed by atoms with Gasteiger partial charge in [-0.2, -0.15) is 12.7 Å². The Hall–Kier alpha value is -3.76. The summed E-state index contributed by atoms with van der Waals surface area (Å²) in [7, 11) is -4.08. The number of carbonyl (C=O) groups excluding carboxylic acids is 3. The highest BCUT2D eigenvalue weighted by molar-refractivity contribution is 7.87. The molecule has 1 aromatic heterocycles. The molecule has 3 heterocycles. The lowest BCUT2D eigenvalue weighted by Crippen LogP contribution is -2.50. The number of benzene rings is 1. The Morgan fingerprint density at radius 2 is 1.66 bits per heavy atom. The molecule has 2 aromatic rings. The van der Waals surface area contributed by atoms with Crippen molar-refractivity contribution in [1.29, 1.82) is 0 Å². The minimum Gasteiger partial charge on any atom is -0.465 e. The summed E-state index contributed by atoms with van der Waals surface area (Å²) < 4.78 is 53.0. The third-order valence-electron chi connectivity index (χ3n) is 11.0. The minimum atomic E-state index is -4.08. The van der Waals surface area contributed by atoms with E-state index in [2.05, 4.69) is 10.6 Å². The zero-order valence-corrected chi connectivity index (χ0v) is 28.8.